The predicted octanol–water partition coefficient (Wildman–Crippen LogP) is 3.19. The molecule has 1 saturated heterocycles. The van der Waals surface area contributed by atoms with E-state index in [1.165, 1.54) is 18.4 Å². The molecule has 1 aliphatic heterocycles. The highest BCUT2D eigenvalue weighted by atomic mass is 16.3. The Balaban J connectivity index is 1.41. The Morgan fingerprint density at radius 1 is 1.17 bits per heavy atom. The molecule has 3 rings (SSSR count). The summed E-state index contributed by atoms with van der Waals surface area (Å²) in [6, 6.07) is 14.5. The maximum absolute atomic E-state index is 12.4. The second-order valence-electron chi connectivity index (χ2n) is 6.74. The number of furan rings is 1. The van der Waals surface area contributed by atoms with Crippen molar-refractivity contribution in [3.05, 3.63) is 60.1 Å². The van der Waals surface area contributed by atoms with E-state index in [9.17, 15) is 4.79 Å². The number of hydrogen-bond acceptors (Lipinski definition) is 3. The zero-order valence-electron chi connectivity index (χ0n) is 14.4. The summed E-state index contributed by atoms with van der Waals surface area (Å²) in [5.41, 5.74) is 1.42. The summed E-state index contributed by atoms with van der Waals surface area (Å²) in [5, 5.41) is 0. The molecule has 4 heteroatoms. The number of carbonyl (C=O) groups excluding carboxylic acids is 1. The third-order valence-corrected chi connectivity index (χ3v) is 4.83. The fraction of sp³-hybridized carbons (Fsp3) is 0.450. The van der Waals surface area contributed by atoms with Gasteiger partial charge in [-0.3, -0.25) is 9.69 Å². The van der Waals surface area contributed by atoms with Crippen molar-refractivity contribution in [2.75, 3.05) is 26.7 Å². The van der Waals surface area contributed by atoms with Crippen LogP contribution in [0.2, 0.25) is 0 Å². The number of nitrogens with zero attached hydrogens (tertiary/aromatic N) is 2. The van der Waals surface area contributed by atoms with Gasteiger partial charge in [0.2, 0.25) is 5.91 Å². The minimum atomic E-state index is 0.160. The standard InChI is InChI=1S/C20H26N2O2/c1-21(15-19-8-5-13-24-19)20(23)16-22-11-9-18(10-12-22)14-17-6-3-2-4-7-17/h2-8,13,18H,9-12,14-16H2,1H3. The van der Waals surface area contributed by atoms with Crippen molar-refractivity contribution in [1.82, 2.24) is 9.80 Å². The molecular weight excluding hydrogens is 300 g/mol. The Morgan fingerprint density at radius 2 is 1.92 bits per heavy atom. The summed E-state index contributed by atoms with van der Waals surface area (Å²) in [4.78, 5) is 16.4. The first-order valence-corrected chi connectivity index (χ1v) is 8.73. The predicted molar refractivity (Wildman–Crippen MR) is 94.5 cm³/mol. The number of likely N-dealkylation sites (tertiary alicyclic amines) is 1. The average Bonchev–Trinajstić information content (AvgIpc) is 3.10. The number of rotatable bonds is 6. The zero-order chi connectivity index (χ0) is 16.8. The smallest absolute Gasteiger partial charge is 0.236 e. The monoisotopic (exact) mass is 326 g/mol. The van der Waals surface area contributed by atoms with Gasteiger partial charge < -0.3 is 9.32 Å². The third-order valence-electron chi connectivity index (χ3n) is 4.83. The lowest BCUT2D eigenvalue weighted by Crippen LogP contribution is -2.42. The highest BCUT2D eigenvalue weighted by Gasteiger charge is 2.22. The number of hydrogen-bond donors (Lipinski definition) is 0. The van der Waals surface area contributed by atoms with Gasteiger partial charge in [-0.25, -0.2) is 0 Å². The third kappa shape index (κ3) is 4.71. The van der Waals surface area contributed by atoms with E-state index in [4.69, 9.17) is 4.42 Å². The molecule has 0 N–H and O–H groups in total. The number of benzene rings is 1. The van der Waals surface area contributed by atoms with Crippen LogP contribution in [-0.4, -0.2) is 42.4 Å². The van der Waals surface area contributed by atoms with Crippen molar-refractivity contribution in [3.8, 4) is 0 Å². The topological polar surface area (TPSA) is 36.7 Å². The molecule has 1 aromatic carbocycles. The lowest BCUT2D eigenvalue weighted by atomic mass is 9.90. The summed E-state index contributed by atoms with van der Waals surface area (Å²) in [5.74, 6) is 1.72. The van der Waals surface area contributed by atoms with Crippen LogP contribution in [0.3, 0.4) is 0 Å². The van der Waals surface area contributed by atoms with Crippen molar-refractivity contribution in [2.45, 2.75) is 25.8 Å². The Labute approximate surface area is 144 Å². The molecule has 2 aromatic rings. The Kier molecular flexibility index (Phi) is 5.70. The SMILES string of the molecule is CN(Cc1ccco1)C(=O)CN1CCC(Cc2ccccc2)CC1. The largest absolute Gasteiger partial charge is 0.467 e. The minimum absolute atomic E-state index is 0.160. The van der Waals surface area contributed by atoms with E-state index in [2.05, 4.69) is 35.2 Å². The molecule has 0 aliphatic carbocycles. The maximum atomic E-state index is 12.4. The molecule has 4 nitrogen and oxygen atoms in total. The van der Waals surface area contributed by atoms with Crippen LogP contribution in [-0.2, 0) is 17.8 Å². The van der Waals surface area contributed by atoms with Crippen molar-refractivity contribution in [1.29, 1.82) is 0 Å². The summed E-state index contributed by atoms with van der Waals surface area (Å²) in [6.07, 6.45) is 5.14. The van der Waals surface area contributed by atoms with Crippen LogP contribution >= 0.6 is 0 Å². The lowest BCUT2D eigenvalue weighted by Gasteiger charge is -2.32. The van der Waals surface area contributed by atoms with E-state index in [1.807, 2.05) is 19.2 Å². The van der Waals surface area contributed by atoms with Crippen LogP contribution in [0.25, 0.3) is 0 Å². The van der Waals surface area contributed by atoms with Crippen LogP contribution in [0.5, 0.6) is 0 Å². The molecule has 0 bridgehead atoms. The number of likely N-dealkylation sites (N-methyl/N-ethyl adjacent to an activating group) is 1. The molecule has 2 heterocycles. The van der Waals surface area contributed by atoms with Gasteiger partial charge in [0.15, 0.2) is 0 Å². The van der Waals surface area contributed by atoms with Crippen LogP contribution in [0.4, 0.5) is 0 Å². The lowest BCUT2D eigenvalue weighted by molar-refractivity contribution is -0.132. The summed E-state index contributed by atoms with van der Waals surface area (Å²) in [6.45, 7) is 3.07. The molecule has 0 radical (unpaired) electrons. The summed E-state index contributed by atoms with van der Waals surface area (Å²) in [7, 11) is 1.84. The minimum Gasteiger partial charge on any atom is -0.467 e. The van der Waals surface area contributed by atoms with E-state index in [0.29, 0.717) is 13.1 Å². The molecule has 0 unspecified atom stereocenters. The molecule has 0 atom stereocenters. The van der Waals surface area contributed by atoms with E-state index in [-0.39, 0.29) is 5.91 Å². The fourth-order valence-corrected chi connectivity index (χ4v) is 3.33. The molecule has 24 heavy (non-hydrogen) atoms. The maximum Gasteiger partial charge on any atom is 0.236 e. The number of carbonyl (C=O) groups is 1. The molecule has 1 fully saturated rings. The van der Waals surface area contributed by atoms with Crippen molar-refractivity contribution in [2.24, 2.45) is 5.92 Å². The van der Waals surface area contributed by atoms with Crippen LogP contribution in [0.1, 0.15) is 24.2 Å². The van der Waals surface area contributed by atoms with E-state index >= 15 is 0 Å². The normalized spacial score (nSPS) is 16.2. The van der Waals surface area contributed by atoms with Gasteiger partial charge in [0.1, 0.15) is 5.76 Å². The van der Waals surface area contributed by atoms with Gasteiger partial charge in [-0.15, -0.1) is 0 Å². The van der Waals surface area contributed by atoms with Gasteiger partial charge in [-0.05, 0) is 56.0 Å². The molecule has 1 aromatic heterocycles. The summed E-state index contributed by atoms with van der Waals surface area (Å²) < 4.78 is 5.31. The van der Waals surface area contributed by atoms with Gasteiger partial charge in [-0.1, -0.05) is 30.3 Å². The van der Waals surface area contributed by atoms with Gasteiger partial charge in [-0.2, -0.15) is 0 Å². The zero-order valence-corrected chi connectivity index (χ0v) is 14.4. The molecule has 0 saturated carbocycles. The van der Waals surface area contributed by atoms with Crippen LogP contribution in [0.15, 0.2) is 53.1 Å². The van der Waals surface area contributed by atoms with Crippen LogP contribution < -0.4 is 0 Å². The molecule has 0 spiro atoms. The average molecular weight is 326 g/mol. The Morgan fingerprint density at radius 3 is 2.58 bits per heavy atom. The molecule has 1 aliphatic rings. The fourth-order valence-electron chi connectivity index (χ4n) is 3.33. The second-order valence-corrected chi connectivity index (χ2v) is 6.74. The first-order valence-electron chi connectivity index (χ1n) is 8.73. The van der Waals surface area contributed by atoms with E-state index in [1.54, 1.807) is 11.2 Å². The molecule has 1 amide bonds. The van der Waals surface area contributed by atoms with Gasteiger partial charge >= 0.3 is 0 Å². The van der Waals surface area contributed by atoms with Crippen molar-refractivity contribution in [3.63, 3.8) is 0 Å². The molecular formula is C20H26N2O2. The number of piperidine rings is 1. The highest BCUT2D eigenvalue weighted by Crippen LogP contribution is 2.21. The van der Waals surface area contributed by atoms with Crippen LogP contribution in [0, 0.1) is 5.92 Å². The van der Waals surface area contributed by atoms with Crippen molar-refractivity contribution < 1.29 is 9.21 Å². The Bertz CT molecular complexity index is 616. The second kappa shape index (κ2) is 8.15. The van der Waals surface area contributed by atoms with Gasteiger partial charge in [0.05, 0.1) is 19.4 Å². The van der Waals surface area contributed by atoms with E-state index in [0.717, 1.165) is 31.2 Å². The van der Waals surface area contributed by atoms with Crippen molar-refractivity contribution >= 4 is 5.91 Å². The van der Waals surface area contributed by atoms with E-state index < -0.39 is 0 Å². The highest BCUT2D eigenvalue weighted by molar-refractivity contribution is 5.77. The van der Waals surface area contributed by atoms with Gasteiger partial charge in [0.25, 0.3) is 0 Å². The summed E-state index contributed by atoms with van der Waals surface area (Å²) >= 11 is 0. The number of amides is 1. The molecule has 128 valence electrons. The quantitative estimate of drug-likeness (QED) is 0.818. The first kappa shape index (κ1) is 16.8. The Hall–Kier alpha value is -2.07. The van der Waals surface area contributed by atoms with Gasteiger partial charge in [0, 0.05) is 7.05 Å². The first-order chi connectivity index (χ1) is 11.7.